The van der Waals surface area contributed by atoms with Gasteiger partial charge in [0.1, 0.15) is 18.3 Å². The van der Waals surface area contributed by atoms with Crippen molar-refractivity contribution in [1.82, 2.24) is 10.2 Å². The van der Waals surface area contributed by atoms with E-state index in [1.165, 1.54) is 53.3 Å². The molecule has 0 saturated heterocycles. The molecule has 4 fully saturated rings. The summed E-state index contributed by atoms with van der Waals surface area (Å²) in [4.78, 5) is 28.4. The monoisotopic (exact) mass is 609 g/mol. The Hall–Kier alpha value is -3.07. The molecule has 234 valence electrons. The van der Waals surface area contributed by atoms with Crippen LogP contribution in [0.1, 0.15) is 70.4 Å². The quantitative estimate of drug-likeness (QED) is 0.361. The van der Waals surface area contributed by atoms with Gasteiger partial charge in [0.05, 0.1) is 19.1 Å². The third kappa shape index (κ3) is 7.03. The van der Waals surface area contributed by atoms with Gasteiger partial charge in [-0.1, -0.05) is 38.1 Å². The van der Waals surface area contributed by atoms with Crippen LogP contribution in [0.5, 0.6) is 5.75 Å². The van der Waals surface area contributed by atoms with Crippen LogP contribution < -0.4 is 14.4 Å². The number of rotatable bonds is 12. The Morgan fingerprint density at radius 1 is 0.930 bits per heavy atom. The number of methoxy groups -OCH3 is 1. The minimum absolute atomic E-state index is 0.154. The molecule has 2 amide bonds. The second kappa shape index (κ2) is 12.5. The minimum atomic E-state index is -3.78. The summed E-state index contributed by atoms with van der Waals surface area (Å²) in [6, 6.07) is 14.4. The maximum atomic E-state index is 13.9. The van der Waals surface area contributed by atoms with Crippen LogP contribution in [0.4, 0.5) is 5.69 Å². The topological polar surface area (TPSA) is 96.0 Å². The number of nitrogens with zero attached hydrogens (tertiary/aromatic N) is 2. The fourth-order valence-electron chi connectivity index (χ4n) is 8.02. The first-order valence-electron chi connectivity index (χ1n) is 15.6. The molecule has 1 atom stereocenters. The van der Waals surface area contributed by atoms with Crippen LogP contribution in [0.2, 0.25) is 0 Å². The first-order chi connectivity index (χ1) is 20.4. The molecule has 4 aliphatic carbocycles. The maximum Gasteiger partial charge on any atom is 0.244 e. The lowest BCUT2D eigenvalue weighted by atomic mass is 9.48. The van der Waals surface area contributed by atoms with Crippen LogP contribution in [0.15, 0.2) is 48.5 Å². The fraction of sp³-hybridized carbons (Fsp3) is 0.588. The zero-order valence-corrected chi connectivity index (χ0v) is 27.0. The Morgan fingerprint density at radius 3 is 1.98 bits per heavy atom. The molecule has 0 unspecified atom stereocenters. The molecule has 0 aromatic heterocycles. The lowest BCUT2D eigenvalue weighted by molar-refractivity contribution is -0.139. The lowest BCUT2D eigenvalue weighted by Crippen LogP contribution is -2.51. The van der Waals surface area contributed by atoms with E-state index in [0.29, 0.717) is 18.0 Å². The van der Waals surface area contributed by atoms with E-state index in [1.807, 2.05) is 38.1 Å². The molecule has 4 aliphatic rings. The van der Waals surface area contributed by atoms with Crippen molar-refractivity contribution in [2.45, 2.75) is 77.3 Å². The average molecular weight is 610 g/mol. The summed E-state index contributed by atoms with van der Waals surface area (Å²) in [6.07, 6.45) is 8.89. The van der Waals surface area contributed by atoms with Crippen LogP contribution in [-0.2, 0) is 31.6 Å². The van der Waals surface area contributed by atoms with Gasteiger partial charge in [0.25, 0.3) is 0 Å². The van der Waals surface area contributed by atoms with Crippen molar-refractivity contribution in [2.75, 3.05) is 30.8 Å². The molecule has 43 heavy (non-hydrogen) atoms. The Balaban J connectivity index is 1.37. The third-order valence-electron chi connectivity index (χ3n) is 9.85. The minimum Gasteiger partial charge on any atom is -0.497 e. The summed E-state index contributed by atoms with van der Waals surface area (Å²) in [5, 5.41) is 2.91. The van der Waals surface area contributed by atoms with Crippen LogP contribution in [0.25, 0.3) is 0 Å². The second-order valence-electron chi connectivity index (χ2n) is 13.7. The maximum absolute atomic E-state index is 13.9. The van der Waals surface area contributed by atoms with Crippen molar-refractivity contribution < 1.29 is 22.7 Å². The van der Waals surface area contributed by atoms with E-state index in [2.05, 4.69) is 17.4 Å². The Morgan fingerprint density at radius 2 is 1.49 bits per heavy atom. The van der Waals surface area contributed by atoms with E-state index in [1.54, 1.807) is 26.2 Å². The largest absolute Gasteiger partial charge is 0.497 e. The molecule has 0 spiro atoms. The lowest BCUT2D eigenvalue weighted by Gasteiger charge is -2.57. The van der Waals surface area contributed by atoms with Gasteiger partial charge in [-0.15, -0.1) is 0 Å². The molecule has 2 aromatic rings. The van der Waals surface area contributed by atoms with Gasteiger partial charge in [-0.2, -0.15) is 0 Å². The van der Waals surface area contributed by atoms with Gasteiger partial charge < -0.3 is 15.0 Å². The number of hydrogen-bond donors (Lipinski definition) is 1. The van der Waals surface area contributed by atoms with Gasteiger partial charge in [-0.3, -0.25) is 13.9 Å². The molecule has 2 aromatic carbocycles. The van der Waals surface area contributed by atoms with Crippen molar-refractivity contribution >= 4 is 27.5 Å². The third-order valence-corrected chi connectivity index (χ3v) is 11.0. The number of sulfonamides is 1. The highest BCUT2D eigenvalue weighted by Gasteiger charge is 2.51. The summed E-state index contributed by atoms with van der Waals surface area (Å²) in [5.41, 5.74) is 2.77. The van der Waals surface area contributed by atoms with Crippen molar-refractivity contribution in [1.29, 1.82) is 0 Å². The number of carbonyl (C=O) groups excluding carboxylic acids is 2. The number of amides is 2. The smallest absolute Gasteiger partial charge is 0.244 e. The molecular formula is C34H47N3O5S. The summed E-state index contributed by atoms with van der Waals surface area (Å²) in [7, 11) is -2.20. The molecule has 0 aliphatic heterocycles. The normalized spacial score (nSPS) is 24.9. The molecule has 0 heterocycles. The molecule has 6 rings (SSSR count). The summed E-state index contributed by atoms with van der Waals surface area (Å²) < 4.78 is 32.6. The van der Waals surface area contributed by atoms with E-state index in [9.17, 15) is 18.0 Å². The molecule has 9 heteroatoms. The highest BCUT2D eigenvalue weighted by Crippen LogP contribution is 2.60. The van der Waals surface area contributed by atoms with Gasteiger partial charge >= 0.3 is 0 Å². The zero-order chi connectivity index (χ0) is 30.9. The SMILES string of the molecule is COc1ccc(CN(C(=O)CN(c2ccc(C34CC5CC(CC(C5)C3)C4)cc2)S(C)(=O)=O)[C@H](C)C(=O)NCC(C)C)cc1. The van der Waals surface area contributed by atoms with Crippen LogP contribution in [-0.4, -0.2) is 57.6 Å². The molecule has 0 radical (unpaired) electrons. The predicted octanol–water partition coefficient (Wildman–Crippen LogP) is 5.12. The fourth-order valence-corrected chi connectivity index (χ4v) is 8.87. The molecule has 4 bridgehead atoms. The molecule has 4 saturated carbocycles. The van der Waals surface area contributed by atoms with Gasteiger partial charge in [0.15, 0.2) is 0 Å². The number of ether oxygens (including phenoxy) is 1. The number of nitrogens with one attached hydrogen (secondary N) is 1. The summed E-state index contributed by atoms with van der Waals surface area (Å²) >= 11 is 0. The van der Waals surface area contributed by atoms with E-state index in [0.717, 1.165) is 29.6 Å². The number of anilines is 1. The van der Waals surface area contributed by atoms with Gasteiger partial charge in [-0.05, 0) is 110 Å². The average Bonchev–Trinajstić information content (AvgIpc) is 2.96. The second-order valence-corrected chi connectivity index (χ2v) is 15.6. The summed E-state index contributed by atoms with van der Waals surface area (Å²) in [5.74, 6) is 2.65. The van der Waals surface area contributed by atoms with E-state index in [4.69, 9.17) is 4.74 Å². The number of carbonyl (C=O) groups is 2. The standard InChI is InChI=1S/C34H47N3O5S/c1-23(2)20-35-33(39)24(3)36(21-25-6-12-31(42-4)13-7-25)32(38)22-37(43(5,40)41)30-10-8-29(9-11-30)34-17-26-14-27(18-34)16-28(15-26)19-34/h6-13,23-24,26-28H,14-22H2,1-5H3,(H,35,39)/t24-,26?,27?,28?,34?/m1/s1. The summed E-state index contributed by atoms with van der Waals surface area (Å²) in [6.45, 7) is 5.93. The highest BCUT2D eigenvalue weighted by molar-refractivity contribution is 7.92. The molecule has 1 N–H and O–H groups in total. The Labute approximate surface area is 257 Å². The van der Waals surface area contributed by atoms with Crippen molar-refractivity contribution in [3.8, 4) is 5.75 Å². The first kappa shape index (κ1) is 31.4. The molecular weight excluding hydrogens is 562 g/mol. The number of benzene rings is 2. The van der Waals surface area contributed by atoms with Gasteiger partial charge in [0.2, 0.25) is 21.8 Å². The van der Waals surface area contributed by atoms with E-state index < -0.39 is 28.5 Å². The Bertz CT molecular complexity index is 1370. The van der Waals surface area contributed by atoms with Crippen molar-refractivity contribution in [2.24, 2.45) is 23.7 Å². The first-order valence-corrected chi connectivity index (χ1v) is 17.5. The van der Waals surface area contributed by atoms with Crippen LogP contribution in [0.3, 0.4) is 0 Å². The zero-order valence-electron chi connectivity index (χ0n) is 26.2. The highest BCUT2D eigenvalue weighted by atomic mass is 32.2. The van der Waals surface area contributed by atoms with Crippen LogP contribution >= 0.6 is 0 Å². The van der Waals surface area contributed by atoms with Crippen LogP contribution in [0, 0.1) is 23.7 Å². The molecule has 8 nitrogen and oxygen atoms in total. The van der Waals surface area contributed by atoms with E-state index >= 15 is 0 Å². The predicted molar refractivity (Wildman–Crippen MR) is 169 cm³/mol. The van der Waals surface area contributed by atoms with Gasteiger partial charge in [0, 0.05) is 13.1 Å². The Kier molecular flexibility index (Phi) is 9.12. The van der Waals surface area contributed by atoms with Crippen molar-refractivity contribution in [3.05, 3.63) is 59.7 Å². The van der Waals surface area contributed by atoms with Gasteiger partial charge in [-0.25, -0.2) is 8.42 Å². The van der Waals surface area contributed by atoms with Crippen molar-refractivity contribution in [3.63, 3.8) is 0 Å². The van der Waals surface area contributed by atoms with E-state index in [-0.39, 0.29) is 23.8 Å². The number of hydrogen-bond acceptors (Lipinski definition) is 5.